The molecule has 1 nitrogen and oxygen atoms in total. The molecule has 1 aliphatic heterocycles. The van der Waals surface area contributed by atoms with E-state index in [0.717, 1.165) is 6.42 Å². The van der Waals surface area contributed by atoms with E-state index in [-0.39, 0.29) is 19.9 Å². The Balaban J connectivity index is 1.38. The van der Waals surface area contributed by atoms with Crippen molar-refractivity contribution in [2.75, 3.05) is 0 Å². The molecular formula is C39H26NSe+. The summed E-state index contributed by atoms with van der Waals surface area (Å²) in [7, 11) is 0. The number of nitrogens with zero attached hydrogens (tertiary/aromatic N) is 1. The van der Waals surface area contributed by atoms with Gasteiger partial charge in [-0.3, -0.25) is 0 Å². The van der Waals surface area contributed by atoms with Crippen LogP contribution in [0.15, 0.2) is 140 Å². The van der Waals surface area contributed by atoms with Gasteiger partial charge < -0.3 is 0 Å². The van der Waals surface area contributed by atoms with Crippen molar-refractivity contribution in [3.05, 3.63) is 167 Å². The Bertz CT molecular complexity index is 2130. The molecule has 0 saturated carbocycles. The van der Waals surface area contributed by atoms with E-state index in [9.17, 15) is 0 Å². The molecule has 0 fully saturated rings. The van der Waals surface area contributed by atoms with Crippen LogP contribution >= 0.6 is 0 Å². The molecule has 0 spiro atoms. The average Bonchev–Trinajstić information content (AvgIpc) is 3.72. The first-order valence-corrected chi connectivity index (χ1v) is 16.0. The molecule has 1 aromatic heterocycles. The van der Waals surface area contributed by atoms with Crippen LogP contribution in [-0.4, -0.2) is 20.7 Å². The third-order valence-corrected chi connectivity index (χ3v) is 11.6. The van der Waals surface area contributed by atoms with Gasteiger partial charge in [-0.2, -0.15) is 0 Å². The van der Waals surface area contributed by atoms with Crippen LogP contribution in [0.3, 0.4) is 0 Å². The molecule has 2 heterocycles. The number of fused-ring (bicyclic) bond motifs is 8. The molecule has 0 saturated heterocycles. The standard InChI is InChI=1S/C39H26NSe/c1-3-12-27(13-4-1)39(28-14-5-2-6-15-28)32-19-9-7-17-31(32)36-33(39)23-22-26-24-25-40(37(26)36)34-20-11-18-30-29-16-8-10-21-35(29)41-38(30)34/h1-23,25H,24H2/q+1. The van der Waals surface area contributed by atoms with Crippen molar-refractivity contribution in [1.29, 1.82) is 0 Å². The molecule has 2 heteroatoms. The monoisotopic (exact) mass is 588 g/mol. The van der Waals surface area contributed by atoms with Crippen LogP contribution in [0.25, 0.3) is 30.4 Å². The molecule has 192 valence electrons. The van der Waals surface area contributed by atoms with E-state index < -0.39 is 0 Å². The third-order valence-electron chi connectivity index (χ3n) is 9.06. The molecule has 0 N–H and O–H groups in total. The van der Waals surface area contributed by atoms with Gasteiger partial charge in [-0.15, -0.1) is 0 Å². The second-order valence-electron chi connectivity index (χ2n) is 11.0. The second-order valence-corrected chi connectivity index (χ2v) is 13.2. The van der Waals surface area contributed by atoms with E-state index in [1.54, 1.807) is 0 Å². The Morgan fingerprint density at radius 1 is 0.561 bits per heavy atom. The van der Waals surface area contributed by atoms with E-state index in [2.05, 4.69) is 150 Å². The Morgan fingerprint density at radius 3 is 2.05 bits per heavy atom. The van der Waals surface area contributed by atoms with E-state index in [1.165, 1.54) is 69.6 Å². The van der Waals surface area contributed by atoms with Crippen molar-refractivity contribution in [2.24, 2.45) is 0 Å². The summed E-state index contributed by atoms with van der Waals surface area (Å²) in [5.41, 5.74) is 11.8. The van der Waals surface area contributed by atoms with Gasteiger partial charge in [0.05, 0.1) is 0 Å². The maximum absolute atomic E-state index is 2.53. The molecule has 0 atom stereocenters. The average molecular weight is 588 g/mol. The SMILES string of the molecule is C1=[N+](c2cccc3c2[se]c2ccccc23)c2c(ccc3c2-c2ccccc2C3(c2ccccc2)c2ccccc2)C1. The van der Waals surface area contributed by atoms with Gasteiger partial charge in [0.15, 0.2) is 0 Å². The van der Waals surface area contributed by atoms with Crippen molar-refractivity contribution in [3.63, 3.8) is 0 Å². The van der Waals surface area contributed by atoms with Crippen molar-refractivity contribution < 1.29 is 0 Å². The summed E-state index contributed by atoms with van der Waals surface area (Å²) in [4.78, 5) is 0. The molecule has 0 radical (unpaired) electrons. The number of benzene rings is 6. The fourth-order valence-electron chi connectivity index (χ4n) is 7.42. The first-order valence-electron chi connectivity index (χ1n) is 14.3. The van der Waals surface area contributed by atoms with Gasteiger partial charge in [0.25, 0.3) is 0 Å². The topological polar surface area (TPSA) is 3.01 Å². The van der Waals surface area contributed by atoms with Crippen molar-refractivity contribution in [1.82, 2.24) is 4.58 Å². The Labute approximate surface area is 245 Å². The number of hydrogen-bond donors (Lipinski definition) is 0. The van der Waals surface area contributed by atoms with Crippen molar-refractivity contribution in [3.8, 4) is 11.1 Å². The van der Waals surface area contributed by atoms with Gasteiger partial charge in [0.1, 0.15) is 0 Å². The van der Waals surface area contributed by atoms with Crippen molar-refractivity contribution in [2.45, 2.75) is 11.8 Å². The normalized spacial score (nSPS) is 14.6. The van der Waals surface area contributed by atoms with Gasteiger partial charge in [0.2, 0.25) is 0 Å². The summed E-state index contributed by atoms with van der Waals surface area (Å²) in [6.45, 7) is 0. The molecule has 6 aromatic carbocycles. The molecule has 0 bridgehead atoms. The van der Waals surface area contributed by atoms with Gasteiger partial charge in [-0.05, 0) is 0 Å². The molecule has 0 amide bonds. The maximum atomic E-state index is 2.53. The van der Waals surface area contributed by atoms with Crippen LogP contribution < -0.4 is 4.58 Å². The summed E-state index contributed by atoms with van der Waals surface area (Å²) in [5, 5.41) is 2.80. The Kier molecular flexibility index (Phi) is 4.96. The summed E-state index contributed by atoms with van der Waals surface area (Å²) in [5.74, 6) is 0. The Morgan fingerprint density at radius 2 is 1.24 bits per heavy atom. The fourth-order valence-corrected chi connectivity index (χ4v) is 9.97. The second kappa shape index (κ2) is 8.75. The van der Waals surface area contributed by atoms with Gasteiger partial charge in [-0.1, -0.05) is 0 Å². The summed E-state index contributed by atoms with van der Waals surface area (Å²) in [6, 6.07) is 51.9. The molecule has 2 aliphatic rings. The quantitative estimate of drug-likeness (QED) is 0.144. The predicted molar refractivity (Wildman–Crippen MR) is 173 cm³/mol. The minimum atomic E-state index is -0.378. The van der Waals surface area contributed by atoms with E-state index in [1.807, 2.05) is 0 Å². The first-order chi connectivity index (χ1) is 20.4. The minimum absolute atomic E-state index is 0.285. The third kappa shape index (κ3) is 3.09. The molecule has 1 aliphatic carbocycles. The van der Waals surface area contributed by atoms with Crippen LogP contribution in [0.1, 0.15) is 27.8 Å². The van der Waals surface area contributed by atoms with E-state index in [4.69, 9.17) is 0 Å². The molecule has 7 aromatic rings. The zero-order valence-electron chi connectivity index (χ0n) is 22.4. The number of hydrogen-bond acceptors (Lipinski definition) is 0. The molecular weight excluding hydrogens is 561 g/mol. The summed E-state index contributed by atoms with van der Waals surface area (Å²) < 4.78 is 5.51. The first kappa shape index (κ1) is 23.2. The zero-order valence-corrected chi connectivity index (χ0v) is 24.1. The molecule has 0 unspecified atom stereocenters. The molecule has 41 heavy (non-hydrogen) atoms. The zero-order chi connectivity index (χ0) is 27.0. The van der Waals surface area contributed by atoms with Gasteiger partial charge in [-0.25, -0.2) is 0 Å². The van der Waals surface area contributed by atoms with E-state index >= 15 is 0 Å². The van der Waals surface area contributed by atoms with Crippen molar-refractivity contribution >= 4 is 51.4 Å². The van der Waals surface area contributed by atoms with Gasteiger partial charge in [0, 0.05) is 0 Å². The summed E-state index contributed by atoms with van der Waals surface area (Å²) in [6.07, 6.45) is 3.35. The molecule has 9 rings (SSSR count). The van der Waals surface area contributed by atoms with Crippen LogP contribution in [-0.2, 0) is 11.8 Å². The number of rotatable bonds is 3. The van der Waals surface area contributed by atoms with Crippen LogP contribution in [0.4, 0.5) is 11.4 Å². The fraction of sp³-hybridized carbons (Fsp3) is 0.0513. The van der Waals surface area contributed by atoms with Crippen LogP contribution in [0, 0.1) is 0 Å². The Hall–Kier alpha value is -4.49. The van der Waals surface area contributed by atoms with Crippen LogP contribution in [0.2, 0.25) is 0 Å². The summed E-state index contributed by atoms with van der Waals surface area (Å²) >= 11 is 0.285. The van der Waals surface area contributed by atoms with Crippen LogP contribution in [0.5, 0.6) is 0 Å². The predicted octanol–water partition coefficient (Wildman–Crippen LogP) is 8.87. The van der Waals surface area contributed by atoms with Gasteiger partial charge >= 0.3 is 246 Å². The van der Waals surface area contributed by atoms with E-state index in [0.29, 0.717) is 0 Å².